The molecule has 0 spiro atoms. The van der Waals surface area contributed by atoms with Crippen LogP contribution < -0.4 is 5.32 Å². The summed E-state index contributed by atoms with van der Waals surface area (Å²) in [7, 11) is 0. The number of rotatable bonds is 5. The first kappa shape index (κ1) is 16.0. The Kier molecular flexibility index (Phi) is 4.18. The Hall–Kier alpha value is -3.48. The van der Waals surface area contributed by atoms with Gasteiger partial charge in [-0.25, -0.2) is 19.0 Å². The second-order valence-corrected chi connectivity index (χ2v) is 5.78. The van der Waals surface area contributed by atoms with Crippen LogP contribution in [0, 0.1) is 12.7 Å². The molecule has 4 rings (SSSR count). The van der Waals surface area contributed by atoms with Crippen molar-refractivity contribution >= 4 is 5.95 Å². The van der Waals surface area contributed by atoms with Crippen molar-refractivity contribution in [1.29, 1.82) is 0 Å². The van der Waals surface area contributed by atoms with Gasteiger partial charge in [-0.05, 0) is 49.4 Å². The number of nitrogens with zero attached hydrogens (tertiary/aromatic N) is 4. The fourth-order valence-electron chi connectivity index (χ4n) is 2.54. The van der Waals surface area contributed by atoms with Gasteiger partial charge < -0.3 is 9.73 Å². The molecule has 0 aliphatic heterocycles. The average Bonchev–Trinajstić information content (AvgIpc) is 3.30. The molecule has 7 heteroatoms. The Morgan fingerprint density at radius 2 is 1.96 bits per heavy atom. The van der Waals surface area contributed by atoms with Gasteiger partial charge in [-0.2, -0.15) is 5.10 Å². The quantitative estimate of drug-likeness (QED) is 0.590. The van der Waals surface area contributed by atoms with Crippen molar-refractivity contribution in [2.45, 2.75) is 13.5 Å². The van der Waals surface area contributed by atoms with Crippen LogP contribution in [0.3, 0.4) is 0 Å². The van der Waals surface area contributed by atoms with E-state index in [1.54, 1.807) is 29.2 Å². The maximum atomic E-state index is 13.1. The molecule has 0 fully saturated rings. The lowest BCUT2D eigenvalue weighted by Gasteiger charge is -2.04. The molecular formula is C19H16FN5O. The van der Waals surface area contributed by atoms with E-state index in [-0.39, 0.29) is 5.82 Å². The number of benzene rings is 1. The zero-order chi connectivity index (χ0) is 17.9. The van der Waals surface area contributed by atoms with Crippen molar-refractivity contribution in [1.82, 2.24) is 19.7 Å². The normalized spacial score (nSPS) is 10.8. The van der Waals surface area contributed by atoms with E-state index in [1.807, 2.05) is 31.3 Å². The summed E-state index contributed by atoms with van der Waals surface area (Å²) >= 11 is 0. The molecule has 26 heavy (non-hydrogen) atoms. The second-order valence-electron chi connectivity index (χ2n) is 5.78. The molecule has 1 N–H and O–H groups in total. The summed E-state index contributed by atoms with van der Waals surface area (Å²) < 4.78 is 20.3. The molecule has 3 heterocycles. The molecule has 0 aliphatic rings. The first-order chi connectivity index (χ1) is 12.7. The van der Waals surface area contributed by atoms with Crippen molar-refractivity contribution in [3.05, 3.63) is 78.4 Å². The van der Waals surface area contributed by atoms with Gasteiger partial charge in [-0.3, -0.25) is 0 Å². The van der Waals surface area contributed by atoms with Crippen LogP contribution in [0.25, 0.3) is 16.9 Å². The summed E-state index contributed by atoms with van der Waals surface area (Å²) in [6.45, 7) is 2.41. The van der Waals surface area contributed by atoms with Gasteiger partial charge in [0.1, 0.15) is 17.3 Å². The van der Waals surface area contributed by atoms with Crippen LogP contribution in [0.15, 0.2) is 65.5 Å². The van der Waals surface area contributed by atoms with E-state index in [0.717, 1.165) is 28.5 Å². The van der Waals surface area contributed by atoms with Crippen molar-refractivity contribution in [2.24, 2.45) is 0 Å². The van der Waals surface area contributed by atoms with Crippen LogP contribution >= 0.6 is 0 Å². The van der Waals surface area contributed by atoms with Gasteiger partial charge in [0.25, 0.3) is 0 Å². The summed E-state index contributed by atoms with van der Waals surface area (Å²) in [4.78, 5) is 8.74. The van der Waals surface area contributed by atoms with E-state index in [0.29, 0.717) is 12.5 Å². The maximum Gasteiger partial charge on any atom is 0.223 e. The largest absolute Gasteiger partial charge is 0.465 e. The van der Waals surface area contributed by atoms with Gasteiger partial charge >= 0.3 is 0 Å². The number of furan rings is 1. The zero-order valence-electron chi connectivity index (χ0n) is 14.1. The SMILES string of the molecule is Cc1ccc(CNc2nccc(-c3cnn(-c4ccc(F)cc4)c3)n2)o1. The summed E-state index contributed by atoms with van der Waals surface area (Å²) in [5, 5.41) is 7.46. The minimum Gasteiger partial charge on any atom is -0.465 e. The molecule has 0 saturated carbocycles. The Morgan fingerprint density at radius 3 is 2.73 bits per heavy atom. The highest BCUT2D eigenvalue weighted by molar-refractivity contribution is 5.58. The smallest absolute Gasteiger partial charge is 0.223 e. The molecule has 4 aromatic rings. The van der Waals surface area contributed by atoms with Crippen LogP contribution in [-0.2, 0) is 6.54 Å². The molecule has 0 aliphatic carbocycles. The fourth-order valence-corrected chi connectivity index (χ4v) is 2.54. The number of hydrogen-bond acceptors (Lipinski definition) is 5. The molecule has 6 nitrogen and oxygen atoms in total. The van der Waals surface area contributed by atoms with Crippen molar-refractivity contribution in [2.75, 3.05) is 5.32 Å². The predicted molar refractivity (Wildman–Crippen MR) is 95.3 cm³/mol. The summed E-state index contributed by atoms with van der Waals surface area (Å²) in [5.41, 5.74) is 2.36. The van der Waals surface area contributed by atoms with E-state index in [2.05, 4.69) is 20.4 Å². The third kappa shape index (κ3) is 3.46. The van der Waals surface area contributed by atoms with Crippen LogP contribution in [0.1, 0.15) is 11.5 Å². The Bertz CT molecular complexity index is 1020. The topological polar surface area (TPSA) is 68.8 Å². The van der Waals surface area contributed by atoms with E-state index in [1.165, 1.54) is 12.1 Å². The van der Waals surface area contributed by atoms with Gasteiger partial charge in [0.05, 0.1) is 24.1 Å². The van der Waals surface area contributed by atoms with Gasteiger partial charge in [0, 0.05) is 18.0 Å². The van der Waals surface area contributed by atoms with Crippen molar-refractivity contribution in [3.63, 3.8) is 0 Å². The molecular weight excluding hydrogens is 333 g/mol. The van der Waals surface area contributed by atoms with Gasteiger partial charge in [-0.1, -0.05) is 0 Å². The van der Waals surface area contributed by atoms with Crippen LogP contribution in [-0.4, -0.2) is 19.7 Å². The lowest BCUT2D eigenvalue weighted by molar-refractivity contribution is 0.490. The molecule has 0 radical (unpaired) electrons. The molecule has 130 valence electrons. The lowest BCUT2D eigenvalue weighted by Crippen LogP contribution is -2.03. The van der Waals surface area contributed by atoms with E-state index >= 15 is 0 Å². The van der Waals surface area contributed by atoms with Gasteiger partial charge in [0.2, 0.25) is 5.95 Å². The number of aromatic nitrogens is 4. The minimum absolute atomic E-state index is 0.278. The number of nitrogens with one attached hydrogen (secondary N) is 1. The molecule has 0 saturated heterocycles. The third-order valence-electron chi connectivity index (χ3n) is 3.84. The predicted octanol–water partition coefficient (Wildman–Crippen LogP) is 3.98. The first-order valence-corrected chi connectivity index (χ1v) is 8.10. The summed E-state index contributed by atoms with van der Waals surface area (Å²) in [6.07, 6.45) is 5.24. The molecule has 0 bridgehead atoms. The molecule has 0 amide bonds. The molecule has 1 aromatic carbocycles. The molecule has 0 unspecified atom stereocenters. The highest BCUT2D eigenvalue weighted by Crippen LogP contribution is 2.19. The minimum atomic E-state index is -0.278. The number of aryl methyl sites for hydroxylation is 1. The fraction of sp³-hybridized carbons (Fsp3) is 0.105. The number of anilines is 1. The summed E-state index contributed by atoms with van der Waals surface area (Å²) in [6, 6.07) is 11.8. The number of halogens is 1. The van der Waals surface area contributed by atoms with Crippen LogP contribution in [0.4, 0.5) is 10.3 Å². The maximum absolute atomic E-state index is 13.1. The standard InChI is InChI=1S/C19H16FN5O/c1-13-2-7-17(26-13)11-22-19-21-9-8-18(24-19)14-10-23-25(12-14)16-5-3-15(20)4-6-16/h2-10,12H,11H2,1H3,(H,21,22,24). The Labute approximate surface area is 149 Å². The lowest BCUT2D eigenvalue weighted by atomic mass is 10.2. The number of hydrogen-bond donors (Lipinski definition) is 1. The third-order valence-corrected chi connectivity index (χ3v) is 3.84. The Balaban J connectivity index is 1.52. The van der Waals surface area contributed by atoms with Crippen LogP contribution in [0.5, 0.6) is 0 Å². The average molecular weight is 349 g/mol. The van der Waals surface area contributed by atoms with Gasteiger partial charge in [-0.15, -0.1) is 0 Å². The second kappa shape index (κ2) is 6.79. The highest BCUT2D eigenvalue weighted by atomic mass is 19.1. The van der Waals surface area contributed by atoms with Crippen molar-refractivity contribution < 1.29 is 8.81 Å². The molecule has 3 aromatic heterocycles. The van der Waals surface area contributed by atoms with Gasteiger partial charge in [0.15, 0.2) is 0 Å². The zero-order valence-corrected chi connectivity index (χ0v) is 14.1. The summed E-state index contributed by atoms with van der Waals surface area (Å²) in [5.74, 6) is 1.91. The van der Waals surface area contributed by atoms with E-state index < -0.39 is 0 Å². The van der Waals surface area contributed by atoms with Crippen molar-refractivity contribution in [3.8, 4) is 16.9 Å². The van der Waals surface area contributed by atoms with Crippen LogP contribution in [0.2, 0.25) is 0 Å². The first-order valence-electron chi connectivity index (χ1n) is 8.10. The monoisotopic (exact) mass is 349 g/mol. The Morgan fingerprint density at radius 1 is 1.12 bits per heavy atom. The van der Waals surface area contributed by atoms with E-state index in [4.69, 9.17) is 4.42 Å². The van der Waals surface area contributed by atoms with E-state index in [9.17, 15) is 4.39 Å². The molecule has 0 atom stereocenters. The highest BCUT2D eigenvalue weighted by Gasteiger charge is 2.07.